The van der Waals surface area contributed by atoms with E-state index in [1.807, 2.05) is 0 Å². The highest BCUT2D eigenvalue weighted by Gasteiger charge is 2.21. The molecule has 0 heterocycles. The minimum Gasteiger partial charge on any atom is -0.393 e. The van der Waals surface area contributed by atoms with E-state index in [-0.39, 0.29) is 6.10 Å². The quantitative estimate of drug-likeness (QED) is 0.137. The standard InChI is InChI=1S/C24H50O4S/c1-3-5-7-17-21-24(29(26,27)28)22-18-14-12-10-8-9-11-13-16-20-23(25)19-15-6-4-2/h23-25H,3-22H2,1-2H3,(H,26,27,28). The number of unbranched alkanes of at least 4 members (excludes halogenated alkanes) is 13. The molecule has 2 atom stereocenters. The van der Waals surface area contributed by atoms with Crippen LogP contribution in [0, 0.1) is 0 Å². The lowest BCUT2D eigenvalue weighted by atomic mass is 10.0. The molecule has 0 aliphatic carbocycles. The topological polar surface area (TPSA) is 74.6 Å². The molecule has 0 bridgehead atoms. The summed E-state index contributed by atoms with van der Waals surface area (Å²) >= 11 is 0. The Hall–Kier alpha value is -0.130. The van der Waals surface area contributed by atoms with Crippen LogP contribution in [0.1, 0.15) is 142 Å². The third kappa shape index (κ3) is 19.6. The van der Waals surface area contributed by atoms with Crippen LogP contribution in [0.15, 0.2) is 0 Å². The van der Waals surface area contributed by atoms with Gasteiger partial charge in [0, 0.05) is 0 Å². The SMILES string of the molecule is CCCCCCC(CCCCCCCCCCCC(O)CCCCC)S(=O)(=O)O. The third-order valence-corrected chi connectivity index (χ3v) is 7.32. The molecule has 0 spiro atoms. The van der Waals surface area contributed by atoms with Gasteiger partial charge in [0.25, 0.3) is 10.1 Å². The van der Waals surface area contributed by atoms with Gasteiger partial charge < -0.3 is 5.11 Å². The van der Waals surface area contributed by atoms with Crippen LogP contribution >= 0.6 is 0 Å². The summed E-state index contributed by atoms with van der Waals surface area (Å²) in [5.41, 5.74) is 0. The van der Waals surface area contributed by atoms with E-state index in [1.165, 1.54) is 44.9 Å². The van der Waals surface area contributed by atoms with E-state index >= 15 is 0 Å². The molecule has 0 aliphatic rings. The molecule has 0 radical (unpaired) electrons. The zero-order valence-electron chi connectivity index (χ0n) is 19.4. The van der Waals surface area contributed by atoms with E-state index in [2.05, 4.69) is 13.8 Å². The molecule has 0 saturated heterocycles. The summed E-state index contributed by atoms with van der Waals surface area (Å²) in [5, 5.41) is 9.35. The van der Waals surface area contributed by atoms with E-state index in [0.717, 1.165) is 70.6 Å². The first-order valence-electron chi connectivity index (χ1n) is 12.6. The Morgan fingerprint density at radius 1 is 0.552 bits per heavy atom. The molecule has 0 fully saturated rings. The van der Waals surface area contributed by atoms with Crippen molar-refractivity contribution in [3.8, 4) is 0 Å². The summed E-state index contributed by atoms with van der Waals surface area (Å²) in [5.74, 6) is 0. The van der Waals surface area contributed by atoms with Crippen LogP contribution < -0.4 is 0 Å². The van der Waals surface area contributed by atoms with Crippen molar-refractivity contribution < 1.29 is 18.1 Å². The maximum absolute atomic E-state index is 11.5. The van der Waals surface area contributed by atoms with Crippen LogP contribution in [-0.4, -0.2) is 29.4 Å². The first-order chi connectivity index (χ1) is 13.9. The number of hydrogen-bond acceptors (Lipinski definition) is 3. The lowest BCUT2D eigenvalue weighted by molar-refractivity contribution is 0.147. The van der Waals surface area contributed by atoms with Gasteiger partial charge in [-0.1, -0.05) is 117 Å². The number of hydrogen-bond donors (Lipinski definition) is 2. The highest BCUT2D eigenvalue weighted by molar-refractivity contribution is 7.86. The van der Waals surface area contributed by atoms with E-state index in [4.69, 9.17) is 0 Å². The molecule has 29 heavy (non-hydrogen) atoms. The lowest BCUT2D eigenvalue weighted by Crippen LogP contribution is -2.20. The van der Waals surface area contributed by atoms with Gasteiger partial charge in [0.15, 0.2) is 0 Å². The maximum atomic E-state index is 11.5. The Labute approximate surface area is 182 Å². The Bertz CT molecular complexity index is 436. The lowest BCUT2D eigenvalue weighted by Gasteiger charge is -2.13. The van der Waals surface area contributed by atoms with Crippen LogP contribution in [0.5, 0.6) is 0 Å². The molecular weight excluding hydrogens is 384 g/mol. The fraction of sp³-hybridized carbons (Fsp3) is 1.00. The second kappa shape index (κ2) is 19.8. The molecule has 0 aromatic carbocycles. The Kier molecular flexibility index (Phi) is 19.7. The fourth-order valence-electron chi connectivity index (χ4n) is 4.00. The number of aliphatic hydroxyl groups excluding tert-OH is 1. The van der Waals surface area contributed by atoms with Crippen LogP contribution in [0.3, 0.4) is 0 Å². The average Bonchev–Trinajstić information content (AvgIpc) is 2.66. The second-order valence-corrected chi connectivity index (χ2v) is 10.6. The van der Waals surface area contributed by atoms with Gasteiger partial charge in [0.05, 0.1) is 11.4 Å². The first kappa shape index (κ1) is 28.9. The molecule has 0 aromatic heterocycles. The summed E-state index contributed by atoms with van der Waals surface area (Å²) < 4.78 is 32.5. The van der Waals surface area contributed by atoms with Crippen LogP contribution in [0.4, 0.5) is 0 Å². The van der Waals surface area contributed by atoms with Crippen molar-refractivity contribution in [2.24, 2.45) is 0 Å². The zero-order chi connectivity index (χ0) is 21.8. The van der Waals surface area contributed by atoms with Crippen molar-refractivity contribution in [2.45, 2.75) is 154 Å². The van der Waals surface area contributed by atoms with Crippen molar-refractivity contribution in [3.63, 3.8) is 0 Å². The fourth-order valence-corrected chi connectivity index (χ4v) is 4.93. The normalized spacial score (nSPS) is 14.2. The van der Waals surface area contributed by atoms with Gasteiger partial charge in [-0.3, -0.25) is 4.55 Å². The largest absolute Gasteiger partial charge is 0.393 e. The van der Waals surface area contributed by atoms with Gasteiger partial charge in [-0.25, -0.2) is 0 Å². The van der Waals surface area contributed by atoms with Gasteiger partial charge in [-0.2, -0.15) is 8.42 Å². The smallest absolute Gasteiger partial charge is 0.267 e. The predicted octanol–water partition coefficient (Wildman–Crippen LogP) is 7.45. The number of aliphatic hydroxyl groups is 1. The molecule has 0 amide bonds. The van der Waals surface area contributed by atoms with Gasteiger partial charge in [0.2, 0.25) is 0 Å². The van der Waals surface area contributed by atoms with Crippen molar-refractivity contribution in [3.05, 3.63) is 0 Å². The van der Waals surface area contributed by atoms with Gasteiger partial charge in [0.1, 0.15) is 0 Å². The Morgan fingerprint density at radius 2 is 0.862 bits per heavy atom. The molecular formula is C24H50O4S. The highest BCUT2D eigenvalue weighted by Crippen LogP contribution is 2.19. The van der Waals surface area contributed by atoms with Crippen LogP contribution in [0.25, 0.3) is 0 Å². The maximum Gasteiger partial charge on any atom is 0.267 e. The van der Waals surface area contributed by atoms with Crippen molar-refractivity contribution in [2.75, 3.05) is 0 Å². The molecule has 0 aromatic rings. The highest BCUT2D eigenvalue weighted by atomic mass is 32.2. The van der Waals surface area contributed by atoms with Crippen LogP contribution in [0.2, 0.25) is 0 Å². The van der Waals surface area contributed by atoms with E-state index in [9.17, 15) is 18.1 Å². The molecule has 176 valence electrons. The minimum absolute atomic E-state index is 0.0974. The monoisotopic (exact) mass is 434 g/mol. The average molecular weight is 435 g/mol. The Morgan fingerprint density at radius 3 is 1.28 bits per heavy atom. The summed E-state index contributed by atoms with van der Waals surface area (Å²) in [7, 11) is -3.89. The predicted molar refractivity (Wildman–Crippen MR) is 125 cm³/mol. The molecule has 2 unspecified atom stereocenters. The van der Waals surface area contributed by atoms with E-state index < -0.39 is 15.4 Å². The van der Waals surface area contributed by atoms with Crippen molar-refractivity contribution >= 4 is 10.1 Å². The van der Waals surface area contributed by atoms with Gasteiger partial charge in [-0.05, 0) is 25.7 Å². The van der Waals surface area contributed by atoms with Gasteiger partial charge >= 0.3 is 0 Å². The molecule has 4 nitrogen and oxygen atoms in total. The summed E-state index contributed by atoms with van der Waals surface area (Å²) in [6.07, 6.45) is 21.3. The van der Waals surface area contributed by atoms with Crippen molar-refractivity contribution in [1.29, 1.82) is 0 Å². The summed E-state index contributed by atoms with van der Waals surface area (Å²) in [4.78, 5) is 0. The Balaban J connectivity index is 3.54. The van der Waals surface area contributed by atoms with E-state index in [1.54, 1.807) is 0 Å². The minimum atomic E-state index is -3.89. The summed E-state index contributed by atoms with van der Waals surface area (Å²) in [6.45, 7) is 4.33. The second-order valence-electron chi connectivity index (χ2n) is 8.90. The molecule has 2 N–H and O–H groups in total. The van der Waals surface area contributed by atoms with Crippen LogP contribution in [-0.2, 0) is 10.1 Å². The first-order valence-corrected chi connectivity index (χ1v) is 14.1. The van der Waals surface area contributed by atoms with Gasteiger partial charge in [-0.15, -0.1) is 0 Å². The molecule has 5 heteroatoms. The van der Waals surface area contributed by atoms with Crippen molar-refractivity contribution in [1.82, 2.24) is 0 Å². The summed E-state index contributed by atoms with van der Waals surface area (Å²) in [6, 6.07) is 0. The third-order valence-electron chi connectivity index (χ3n) is 6.01. The number of rotatable bonds is 22. The molecule has 0 rings (SSSR count). The zero-order valence-corrected chi connectivity index (χ0v) is 20.2. The van der Waals surface area contributed by atoms with E-state index in [0.29, 0.717) is 12.8 Å². The molecule has 0 aliphatic heterocycles. The molecule has 0 saturated carbocycles.